The second-order valence-corrected chi connectivity index (χ2v) is 6.45. The van der Waals surface area contributed by atoms with E-state index in [2.05, 4.69) is 5.32 Å². The highest BCUT2D eigenvalue weighted by atomic mass is 32.1. The molecule has 1 aromatic carbocycles. The summed E-state index contributed by atoms with van der Waals surface area (Å²) in [6, 6.07) is 9.55. The lowest BCUT2D eigenvalue weighted by Gasteiger charge is -2.15. The number of anilines is 1. The number of rotatable bonds is 3. The summed E-state index contributed by atoms with van der Waals surface area (Å²) in [5, 5.41) is 5.02. The zero-order valence-corrected chi connectivity index (χ0v) is 13.4. The van der Waals surface area contributed by atoms with Crippen molar-refractivity contribution in [2.75, 3.05) is 11.4 Å². The first-order valence-electron chi connectivity index (χ1n) is 7.31. The zero-order valence-electron chi connectivity index (χ0n) is 12.6. The summed E-state index contributed by atoms with van der Waals surface area (Å²) in [6.07, 6.45) is 0.802. The van der Waals surface area contributed by atoms with E-state index in [1.165, 1.54) is 0 Å². The van der Waals surface area contributed by atoms with Gasteiger partial charge in [0.05, 0.1) is 6.04 Å². The van der Waals surface area contributed by atoms with Crippen molar-refractivity contribution in [2.45, 2.75) is 26.3 Å². The van der Waals surface area contributed by atoms with E-state index in [1.807, 2.05) is 36.6 Å². The van der Waals surface area contributed by atoms with E-state index in [-0.39, 0.29) is 17.9 Å². The molecule has 2 aromatic rings. The van der Waals surface area contributed by atoms with Crippen molar-refractivity contribution in [1.29, 1.82) is 0 Å². The number of thiophene rings is 1. The van der Waals surface area contributed by atoms with Crippen LogP contribution < -0.4 is 10.2 Å². The summed E-state index contributed by atoms with van der Waals surface area (Å²) in [5.41, 5.74) is 2.63. The third kappa shape index (κ3) is 2.76. The first-order chi connectivity index (χ1) is 10.6. The molecule has 4 nitrogen and oxygen atoms in total. The van der Waals surface area contributed by atoms with Crippen LogP contribution in [0.25, 0.3) is 0 Å². The Morgan fingerprint density at radius 2 is 2.14 bits per heavy atom. The fraction of sp³-hybridized carbons (Fsp3) is 0.294. The molecule has 0 unspecified atom stereocenters. The number of hydrogen-bond donors (Lipinski definition) is 1. The Kier molecular flexibility index (Phi) is 3.98. The number of fused-ring (bicyclic) bond motifs is 1. The van der Waals surface area contributed by atoms with Crippen molar-refractivity contribution < 1.29 is 9.59 Å². The molecule has 5 heteroatoms. The summed E-state index contributed by atoms with van der Waals surface area (Å²) < 4.78 is 0. The lowest BCUT2D eigenvalue weighted by molar-refractivity contribution is -0.116. The molecule has 0 fully saturated rings. The van der Waals surface area contributed by atoms with Crippen molar-refractivity contribution in [3.63, 3.8) is 0 Å². The minimum absolute atomic E-state index is 0.00512. The van der Waals surface area contributed by atoms with Crippen LogP contribution >= 0.6 is 11.3 Å². The van der Waals surface area contributed by atoms with Crippen LogP contribution in [-0.4, -0.2) is 18.4 Å². The summed E-state index contributed by atoms with van der Waals surface area (Å²) in [7, 11) is 0. The van der Waals surface area contributed by atoms with Gasteiger partial charge in [0.15, 0.2) is 0 Å². The van der Waals surface area contributed by atoms with Crippen molar-refractivity contribution in [3.05, 3.63) is 51.7 Å². The molecule has 22 heavy (non-hydrogen) atoms. The lowest BCUT2D eigenvalue weighted by atomic mass is 10.1. The van der Waals surface area contributed by atoms with Gasteiger partial charge in [-0.25, -0.2) is 0 Å². The van der Waals surface area contributed by atoms with E-state index in [1.54, 1.807) is 29.2 Å². The number of nitrogens with zero attached hydrogens (tertiary/aromatic N) is 1. The lowest BCUT2D eigenvalue weighted by Crippen LogP contribution is -2.26. The third-order valence-electron chi connectivity index (χ3n) is 3.93. The maximum atomic E-state index is 12.4. The monoisotopic (exact) mass is 314 g/mol. The van der Waals surface area contributed by atoms with E-state index in [0.29, 0.717) is 12.1 Å². The Balaban J connectivity index is 1.76. The van der Waals surface area contributed by atoms with Gasteiger partial charge in [-0.05, 0) is 48.6 Å². The second-order valence-electron chi connectivity index (χ2n) is 5.47. The molecule has 0 radical (unpaired) electrons. The average molecular weight is 314 g/mol. The number of nitrogens with one attached hydrogen (secondary N) is 1. The molecule has 0 saturated carbocycles. The molecule has 1 aliphatic rings. The van der Waals surface area contributed by atoms with Crippen molar-refractivity contribution >= 4 is 28.8 Å². The van der Waals surface area contributed by atoms with E-state index in [0.717, 1.165) is 22.5 Å². The number of hydrogen-bond acceptors (Lipinski definition) is 3. The van der Waals surface area contributed by atoms with Gasteiger partial charge >= 0.3 is 0 Å². The van der Waals surface area contributed by atoms with Gasteiger partial charge in [-0.1, -0.05) is 6.07 Å². The van der Waals surface area contributed by atoms with Crippen LogP contribution in [-0.2, 0) is 11.2 Å². The van der Waals surface area contributed by atoms with Crippen LogP contribution in [0.5, 0.6) is 0 Å². The second kappa shape index (κ2) is 5.93. The van der Waals surface area contributed by atoms with Crippen molar-refractivity contribution in [1.82, 2.24) is 5.32 Å². The van der Waals surface area contributed by atoms with Gasteiger partial charge < -0.3 is 10.2 Å². The SMILES string of the molecule is CC(=O)N1CCc2cc(C(=O)N[C@H](C)c3cccs3)ccc21. The topological polar surface area (TPSA) is 49.4 Å². The first-order valence-corrected chi connectivity index (χ1v) is 8.19. The quantitative estimate of drug-likeness (QED) is 0.946. The molecule has 114 valence electrons. The van der Waals surface area contributed by atoms with Gasteiger partial charge in [0, 0.05) is 29.6 Å². The fourth-order valence-electron chi connectivity index (χ4n) is 2.76. The van der Waals surface area contributed by atoms with Gasteiger partial charge in [-0.3, -0.25) is 9.59 Å². The van der Waals surface area contributed by atoms with Crippen molar-refractivity contribution in [3.8, 4) is 0 Å². The summed E-state index contributed by atoms with van der Waals surface area (Å²) in [5.74, 6) is -0.0350. The highest BCUT2D eigenvalue weighted by molar-refractivity contribution is 7.10. The van der Waals surface area contributed by atoms with Crippen LogP contribution in [0, 0.1) is 0 Å². The molecule has 2 amide bonds. The Labute approximate surface area is 133 Å². The third-order valence-corrected chi connectivity index (χ3v) is 4.99. The van der Waals surface area contributed by atoms with Crippen LogP contribution in [0.4, 0.5) is 5.69 Å². The summed E-state index contributed by atoms with van der Waals surface area (Å²) in [4.78, 5) is 26.8. The minimum atomic E-state index is -0.0787. The number of carbonyl (C=O) groups is 2. The molecule has 1 aromatic heterocycles. The molecule has 0 aliphatic carbocycles. The van der Waals surface area contributed by atoms with Crippen LogP contribution in [0.1, 0.15) is 40.7 Å². The molecule has 3 rings (SSSR count). The highest BCUT2D eigenvalue weighted by Crippen LogP contribution is 2.29. The largest absolute Gasteiger partial charge is 0.345 e. The Bertz CT molecular complexity index is 709. The minimum Gasteiger partial charge on any atom is -0.345 e. The molecular weight excluding hydrogens is 296 g/mol. The summed E-state index contributed by atoms with van der Waals surface area (Å²) >= 11 is 1.63. The van der Waals surface area contributed by atoms with E-state index in [4.69, 9.17) is 0 Å². The Morgan fingerprint density at radius 3 is 2.82 bits per heavy atom. The number of carbonyl (C=O) groups excluding carboxylic acids is 2. The molecule has 1 atom stereocenters. The molecule has 0 spiro atoms. The van der Waals surface area contributed by atoms with Crippen molar-refractivity contribution in [2.24, 2.45) is 0 Å². The van der Waals surface area contributed by atoms with Crippen LogP contribution in [0.3, 0.4) is 0 Å². The fourth-order valence-corrected chi connectivity index (χ4v) is 3.49. The van der Waals surface area contributed by atoms with E-state index in [9.17, 15) is 9.59 Å². The molecule has 0 saturated heterocycles. The molecular formula is C17H18N2O2S. The highest BCUT2D eigenvalue weighted by Gasteiger charge is 2.23. The predicted octanol–water partition coefficient (Wildman–Crippen LogP) is 3.15. The normalized spacial score (nSPS) is 14.5. The Hall–Kier alpha value is -2.14. The molecule has 0 bridgehead atoms. The smallest absolute Gasteiger partial charge is 0.251 e. The molecule has 1 aliphatic heterocycles. The number of amides is 2. The van der Waals surface area contributed by atoms with E-state index >= 15 is 0 Å². The maximum absolute atomic E-state index is 12.4. The van der Waals surface area contributed by atoms with Gasteiger partial charge in [-0.2, -0.15) is 0 Å². The zero-order chi connectivity index (χ0) is 15.7. The molecule has 2 heterocycles. The average Bonchev–Trinajstić information content (AvgIpc) is 3.15. The molecule has 1 N–H and O–H groups in total. The van der Waals surface area contributed by atoms with E-state index < -0.39 is 0 Å². The van der Waals surface area contributed by atoms with Gasteiger partial charge in [-0.15, -0.1) is 11.3 Å². The van der Waals surface area contributed by atoms with Gasteiger partial charge in [0.1, 0.15) is 0 Å². The maximum Gasteiger partial charge on any atom is 0.251 e. The Morgan fingerprint density at radius 1 is 1.32 bits per heavy atom. The number of benzene rings is 1. The van der Waals surface area contributed by atoms with Gasteiger partial charge in [0.25, 0.3) is 5.91 Å². The predicted molar refractivity (Wildman–Crippen MR) is 88.4 cm³/mol. The standard InChI is InChI=1S/C17H18N2O2S/c1-11(16-4-3-9-22-16)18-17(21)14-5-6-15-13(10-14)7-8-19(15)12(2)20/h3-6,9-11H,7-8H2,1-2H3,(H,18,21)/t11-/m1/s1. The van der Waals surface area contributed by atoms with Gasteiger partial charge in [0.2, 0.25) is 5.91 Å². The van der Waals surface area contributed by atoms with Crippen LogP contribution in [0.2, 0.25) is 0 Å². The summed E-state index contributed by atoms with van der Waals surface area (Å²) in [6.45, 7) is 4.24. The first kappa shape index (κ1) is 14.8. The van der Waals surface area contributed by atoms with Crippen LogP contribution in [0.15, 0.2) is 35.7 Å².